The lowest BCUT2D eigenvalue weighted by Crippen LogP contribution is -2.33. The highest BCUT2D eigenvalue weighted by atomic mass is 19.4. The first kappa shape index (κ1) is 12.0. The third-order valence-electron chi connectivity index (χ3n) is 2.19. The standard InChI is InChI=1S/C9H12F3NO2/c1-2-8(14)13-4-3-7(9(10,11)12)15-6-5-13/h2,7H,1,3-6H2. The van der Waals surface area contributed by atoms with Crippen LogP contribution in [0, 0.1) is 0 Å². The predicted molar refractivity (Wildman–Crippen MR) is 47.2 cm³/mol. The maximum Gasteiger partial charge on any atom is 0.414 e. The number of rotatable bonds is 1. The Morgan fingerprint density at radius 2 is 2.13 bits per heavy atom. The summed E-state index contributed by atoms with van der Waals surface area (Å²) in [6.07, 6.45) is -5.25. The van der Waals surface area contributed by atoms with E-state index in [1.54, 1.807) is 0 Å². The Labute approximate surface area is 85.5 Å². The molecule has 0 radical (unpaired) electrons. The van der Waals surface area contributed by atoms with Crippen molar-refractivity contribution in [1.29, 1.82) is 0 Å². The number of carbonyl (C=O) groups is 1. The number of nitrogens with zero attached hydrogens (tertiary/aromatic N) is 1. The molecular formula is C9H12F3NO2. The summed E-state index contributed by atoms with van der Waals surface area (Å²) in [5.74, 6) is -0.360. The predicted octanol–water partition coefficient (Wildman–Crippen LogP) is 1.35. The van der Waals surface area contributed by atoms with Gasteiger partial charge in [0.25, 0.3) is 0 Å². The van der Waals surface area contributed by atoms with E-state index in [-0.39, 0.29) is 32.0 Å². The summed E-state index contributed by atoms with van der Waals surface area (Å²) in [4.78, 5) is 12.5. The summed E-state index contributed by atoms with van der Waals surface area (Å²) in [5, 5.41) is 0. The Balaban J connectivity index is 2.56. The van der Waals surface area contributed by atoms with Gasteiger partial charge < -0.3 is 9.64 Å². The van der Waals surface area contributed by atoms with Gasteiger partial charge in [0.05, 0.1) is 6.61 Å². The Hall–Kier alpha value is -1.04. The van der Waals surface area contributed by atoms with Gasteiger partial charge in [0.2, 0.25) is 5.91 Å². The number of halogens is 3. The van der Waals surface area contributed by atoms with Gasteiger partial charge in [0.15, 0.2) is 6.10 Å². The fraction of sp³-hybridized carbons (Fsp3) is 0.667. The zero-order chi connectivity index (χ0) is 11.5. The van der Waals surface area contributed by atoms with Crippen molar-refractivity contribution < 1.29 is 22.7 Å². The average molecular weight is 223 g/mol. The van der Waals surface area contributed by atoms with Gasteiger partial charge >= 0.3 is 6.18 Å². The lowest BCUT2D eigenvalue weighted by molar-refractivity contribution is -0.218. The van der Waals surface area contributed by atoms with Crippen LogP contribution >= 0.6 is 0 Å². The minimum absolute atomic E-state index is 0.0506. The van der Waals surface area contributed by atoms with E-state index in [1.165, 1.54) is 4.90 Å². The minimum Gasteiger partial charge on any atom is -0.367 e. The van der Waals surface area contributed by atoms with Crippen LogP contribution in [0.3, 0.4) is 0 Å². The summed E-state index contributed by atoms with van der Waals surface area (Å²) in [6.45, 7) is 3.42. The van der Waals surface area contributed by atoms with E-state index in [0.717, 1.165) is 6.08 Å². The molecule has 0 aliphatic carbocycles. The molecule has 1 unspecified atom stereocenters. The highest BCUT2D eigenvalue weighted by Gasteiger charge is 2.41. The first-order valence-corrected chi connectivity index (χ1v) is 4.55. The fourth-order valence-corrected chi connectivity index (χ4v) is 1.38. The van der Waals surface area contributed by atoms with Crippen LogP contribution in [0.15, 0.2) is 12.7 Å². The van der Waals surface area contributed by atoms with Crippen LogP contribution in [-0.4, -0.2) is 42.8 Å². The van der Waals surface area contributed by atoms with Gasteiger partial charge in [-0.2, -0.15) is 13.2 Å². The quantitative estimate of drug-likeness (QED) is 0.628. The summed E-state index contributed by atoms with van der Waals surface area (Å²) >= 11 is 0. The molecule has 3 nitrogen and oxygen atoms in total. The lowest BCUT2D eigenvalue weighted by Gasteiger charge is -2.18. The largest absolute Gasteiger partial charge is 0.414 e. The van der Waals surface area contributed by atoms with Gasteiger partial charge in [-0.05, 0) is 6.08 Å². The maximum atomic E-state index is 12.3. The van der Waals surface area contributed by atoms with Crippen molar-refractivity contribution in [3.8, 4) is 0 Å². The van der Waals surface area contributed by atoms with Gasteiger partial charge in [-0.25, -0.2) is 0 Å². The number of amides is 1. The smallest absolute Gasteiger partial charge is 0.367 e. The van der Waals surface area contributed by atoms with E-state index in [9.17, 15) is 18.0 Å². The Morgan fingerprint density at radius 3 is 2.67 bits per heavy atom. The molecule has 1 fully saturated rings. The zero-order valence-electron chi connectivity index (χ0n) is 8.09. The van der Waals surface area contributed by atoms with Crippen LogP contribution in [0.5, 0.6) is 0 Å². The molecule has 86 valence electrons. The molecule has 1 atom stereocenters. The molecule has 0 N–H and O–H groups in total. The molecule has 1 rings (SSSR count). The van der Waals surface area contributed by atoms with Crippen LogP contribution in [0.2, 0.25) is 0 Å². The molecule has 15 heavy (non-hydrogen) atoms. The van der Waals surface area contributed by atoms with E-state index in [2.05, 4.69) is 11.3 Å². The first-order chi connectivity index (χ1) is 6.95. The molecular weight excluding hydrogens is 211 g/mol. The molecule has 0 bridgehead atoms. The van der Waals surface area contributed by atoms with Gasteiger partial charge in [0.1, 0.15) is 0 Å². The van der Waals surface area contributed by atoms with Crippen LogP contribution in [-0.2, 0) is 9.53 Å². The third-order valence-corrected chi connectivity index (χ3v) is 2.19. The minimum atomic E-state index is -4.35. The molecule has 1 amide bonds. The van der Waals surface area contributed by atoms with Crippen molar-refractivity contribution in [1.82, 2.24) is 4.90 Å². The number of alkyl halides is 3. The molecule has 1 aliphatic heterocycles. The van der Waals surface area contributed by atoms with Gasteiger partial charge in [-0.1, -0.05) is 6.58 Å². The summed E-state index contributed by atoms with van der Waals surface area (Å²) < 4.78 is 41.5. The molecule has 0 spiro atoms. The number of carbonyl (C=O) groups excluding carboxylic acids is 1. The molecule has 6 heteroatoms. The molecule has 1 saturated heterocycles. The van der Waals surface area contributed by atoms with Crippen molar-refractivity contribution in [2.45, 2.75) is 18.7 Å². The third kappa shape index (κ3) is 3.23. The molecule has 0 aromatic rings. The molecule has 0 saturated carbocycles. The second kappa shape index (κ2) is 4.65. The van der Waals surface area contributed by atoms with Crippen molar-refractivity contribution >= 4 is 5.91 Å². The van der Waals surface area contributed by atoms with Gasteiger partial charge in [-0.3, -0.25) is 4.79 Å². The lowest BCUT2D eigenvalue weighted by atomic mass is 10.2. The first-order valence-electron chi connectivity index (χ1n) is 4.55. The van der Waals surface area contributed by atoms with Crippen molar-refractivity contribution in [3.63, 3.8) is 0 Å². The number of ether oxygens (including phenoxy) is 1. The topological polar surface area (TPSA) is 29.5 Å². The van der Waals surface area contributed by atoms with E-state index in [1.807, 2.05) is 0 Å². The van der Waals surface area contributed by atoms with Crippen molar-refractivity contribution in [3.05, 3.63) is 12.7 Å². The number of hydrogen-bond donors (Lipinski definition) is 0. The van der Waals surface area contributed by atoms with Crippen molar-refractivity contribution in [2.75, 3.05) is 19.7 Å². The monoisotopic (exact) mass is 223 g/mol. The molecule has 1 heterocycles. The van der Waals surface area contributed by atoms with Crippen LogP contribution in [0.4, 0.5) is 13.2 Å². The molecule has 0 aromatic carbocycles. The Bertz CT molecular complexity index is 252. The van der Waals surface area contributed by atoms with Crippen LogP contribution in [0.25, 0.3) is 0 Å². The van der Waals surface area contributed by atoms with Gasteiger partial charge in [-0.15, -0.1) is 0 Å². The van der Waals surface area contributed by atoms with Crippen molar-refractivity contribution in [2.24, 2.45) is 0 Å². The van der Waals surface area contributed by atoms with E-state index >= 15 is 0 Å². The molecule has 1 aliphatic rings. The Morgan fingerprint density at radius 1 is 1.47 bits per heavy atom. The number of hydrogen-bond acceptors (Lipinski definition) is 2. The van der Waals surface area contributed by atoms with Crippen LogP contribution < -0.4 is 0 Å². The Kier molecular flexibility index (Phi) is 3.73. The van der Waals surface area contributed by atoms with E-state index < -0.39 is 12.3 Å². The SMILES string of the molecule is C=CC(=O)N1CCOC(C(F)(F)F)CC1. The highest BCUT2D eigenvalue weighted by molar-refractivity contribution is 5.86. The zero-order valence-corrected chi connectivity index (χ0v) is 8.09. The van der Waals surface area contributed by atoms with E-state index in [4.69, 9.17) is 0 Å². The fourth-order valence-electron chi connectivity index (χ4n) is 1.38. The average Bonchev–Trinajstić information content (AvgIpc) is 2.40. The van der Waals surface area contributed by atoms with E-state index in [0.29, 0.717) is 0 Å². The molecule has 0 aromatic heterocycles. The normalized spacial score (nSPS) is 23.4. The summed E-state index contributed by atoms with van der Waals surface area (Å²) in [6, 6.07) is 0. The second-order valence-corrected chi connectivity index (χ2v) is 3.22. The summed E-state index contributed by atoms with van der Waals surface area (Å²) in [7, 11) is 0. The maximum absolute atomic E-state index is 12.3. The summed E-state index contributed by atoms with van der Waals surface area (Å²) in [5.41, 5.74) is 0. The second-order valence-electron chi connectivity index (χ2n) is 3.22. The highest BCUT2D eigenvalue weighted by Crippen LogP contribution is 2.26. The van der Waals surface area contributed by atoms with Crippen LogP contribution in [0.1, 0.15) is 6.42 Å². The van der Waals surface area contributed by atoms with Gasteiger partial charge in [0, 0.05) is 19.5 Å².